The van der Waals surface area contributed by atoms with Gasteiger partial charge in [-0.2, -0.15) is 0 Å². The van der Waals surface area contributed by atoms with Crippen molar-refractivity contribution in [2.24, 2.45) is 11.8 Å². The van der Waals surface area contributed by atoms with Gasteiger partial charge in [0.05, 0.1) is 0 Å². The Morgan fingerprint density at radius 2 is 1.25 bits per heavy atom. The lowest BCUT2D eigenvalue weighted by atomic mass is 10.1. The summed E-state index contributed by atoms with van der Waals surface area (Å²) in [5.41, 5.74) is 0. The molecule has 0 amide bonds. The summed E-state index contributed by atoms with van der Waals surface area (Å²) in [5.74, 6) is -0.219. The van der Waals surface area contributed by atoms with Crippen LogP contribution in [0.2, 0.25) is 0 Å². The Morgan fingerprint density at radius 3 is 1.50 bits per heavy atom. The summed E-state index contributed by atoms with van der Waals surface area (Å²) >= 11 is 0. The van der Waals surface area contributed by atoms with Gasteiger partial charge in [-0.25, -0.2) is 4.90 Å². The first kappa shape index (κ1) is 15.8. The number of aliphatic hydroxyl groups excluding tert-OH is 4. The molecule has 0 heterocycles. The van der Waals surface area contributed by atoms with E-state index in [-0.39, 0.29) is 24.9 Å². The minimum atomic E-state index is -1.04. The Morgan fingerprint density at radius 1 is 0.875 bits per heavy atom. The number of hydrogen-bond donors (Lipinski definition) is 4. The monoisotopic (exact) mass is 235 g/mol. The van der Waals surface area contributed by atoms with Crippen LogP contribution in [0, 0.1) is 11.8 Å². The Balaban J connectivity index is 4.74. The van der Waals surface area contributed by atoms with E-state index in [2.05, 4.69) is 0 Å². The maximum atomic E-state index is 9.93. The van der Waals surface area contributed by atoms with Crippen LogP contribution in [-0.2, 0) is 0 Å². The van der Waals surface area contributed by atoms with E-state index >= 15 is 0 Å². The second-order valence-corrected chi connectivity index (χ2v) is 4.76. The highest BCUT2D eigenvalue weighted by Gasteiger charge is 2.32. The Hall–Kier alpha value is -0.200. The molecule has 0 saturated heterocycles. The van der Waals surface area contributed by atoms with E-state index < -0.39 is 18.7 Å². The molecule has 0 aromatic rings. The second kappa shape index (κ2) is 7.19. The molecule has 3 unspecified atom stereocenters. The average molecular weight is 235 g/mol. The van der Waals surface area contributed by atoms with Gasteiger partial charge >= 0.3 is 0 Å². The van der Waals surface area contributed by atoms with Crippen LogP contribution in [0.1, 0.15) is 34.1 Å². The molecule has 3 atom stereocenters. The van der Waals surface area contributed by atoms with E-state index in [0.717, 1.165) is 0 Å². The van der Waals surface area contributed by atoms with Crippen LogP contribution in [0.25, 0.3) is 0 Å². The van der Waals surface area contributed by atoms with Gasteiger partial charge in [0.1, 0.15) is 18.7 Å². The number of aliphatic hydroxyl groups is 4. The van der Waals surface area contributed by atoms with E-state index in [1.807, 2.05) is 0 Å². The van der Waals surface area contributed by atoms with E-state index in [1.54, 1.807) is 27.7 Å². The van der Waals surface area contributed by atoms with Gasteiger partial charge < -0.3 is 20.4 Å². The van der Waals surface area contributed by atoms with Crippen molar-refractivity contribution in [3.05, 3.63) is 0 Å². The van der Waals surface area contributed by atoms with Crippen molar-refractivity contribution in [1.29, 1.82) is 0 Å². The lowest BCUT2D eigenvalue weighted by Gasteiger charge is -2.39. The van der Waals surface area contributed by atoms with Crippen LogP contribution >= 0.6 is 0 Å². The summed E-state index contributed by atoms with van der Waals surface area (Å²) in [6.45, 7) is 7.02. The predicted molar refractivity (Wildman–Crippen MR) is 61.2 cm³/mol. The average Bonchev–Trinajstić information content (AvgIpc) is 2.17. The highest BCUT2D eigenvalue weighted by atomic mass is 16.4. The second-order valence-electron chi connectivity index (χ2n) is 4.76. The van der Waals surface area contributed by atoms with E-state index in [1.165, 1.54) is 4.90 Å². The quantitative estimate of drug-likeness (QED) is 0.465. The van der Waals surface area contributed by atoms with Gasteiger partial charge in [-0.15, -0.1) is 0 Å². The van der Waals surface area contributed by atoms with Crippen LogP contribution < -0.4 is 0 Å². The highest BCUT2D eigenvalue weighted by Crippen LogP contribution is 2.19. The van der Waals surface area contributed by atoms with E-state index in [0.29, 0.717) is 0 Å². The maximum absolute atomic E-state index is 9.93. The van der Waals surface area contributed by atoms with Crippen LogP contribution in [0.15, 0.2) is 0 Å². The van der Waals surface area contributed by atoms with Crippen LogP contribution in [-0.4, -0.2) is 50.6 Å². The lowest BCUT2D eigenvalue weighted by molar-refractivity contribution is -0.206. The summed E-state index contributed by atoms with van der Waals surface area (Å²) in [6, 6.07) is 0. The molecule has 0 aliphatic rings. The smallest absolute Gasteiger partial charge is 0.113 e. The van der Waals surface area contributed by atoms with Crippen molar-refractivity contribution in [2.75, 3.05) is 6.61 Å². The Kier molecular flexibility index (Phi) is 7.10. The summed E-state index contributed by atoms with van der Waals surface area (Å²) in [7, 11) is 0. The topological polar surface area (TPSA) is 84.2 Å². The minimum Gasteiger partial charge on any atom is -0.396 e. The SMILES string of the molecule is CC(C)C(O)N(C(O)CCO)C(O)C(C)C. The lowest BCUT2D eigenvalue weighted by Crippen LogP contribution is -2.53. The zero-order valence-electron chi connectivity index (χ0n) is 10.5. The van der Waals surface area contributed by atoms with Gasteiger partial charge in [0.2, 0.25) is 0 Å². The molecule has 0 aliphatic carbocycles. The first-order chi connectivity index (χ1) is 7.32. The zero-order valence-corrected chi connectivity index (χ0v) is 10.5. The van der Waals surface area contributed by atoms with Crippen LogP contribution in [0.4, 0.5) is 0 Å². The zero-order chi connectivity index (χ0) is 12.9. The third-order valence-electron chi connectivity index (χ3n) is 2.53. The standard InChI is InChI=1S/C11H25NO4/c1-7(2)10(15)12(9(14)5-6-13)11(16)8(3)4/h7-11,13-16H,5-6H2,1-4H3. The van der Waals surface area contributed by atoms with Gasteiger partial charge in [-0.05, 0) is 11.8 Å². The summed E-state index contributed by atoms with van der Waals surface area (Å²) in [5, 5.41) is 38.4. The van der Waals surface area contributed by atoms with Crippen LogP contribution in [0.5, 0.6) is 0 Å². The molecule has 0 rings (SSSR count). The van der Waals surface area contributed by atoms with Crippen molar-refractivity contribution in [3.8, 4) is 0 Å². The molecule has 5 heteroatoms. The van der Waals surface area contributed by atoms with Gasteiger partial charge in [0.25, 0.3) is 0 Å². The van der Waals surface area contributed by atoms with E-state index in [9.17, 15) is 15.3 Å². The number of hydrogen-bond acceptors (Lipinski definition) is 5. The molecule has 0 aliphatic heterocycles. The van der Waals surface area contributed by atoms with Gasteiger partial charge in [-0.1, -0.05) is 27.7 Å². The molecule has 0 saturated carbocycles. The normalized spacial score (nSPS) is 18.2. The molecule has 0 aromatic heterocycles. The van der Waals surface area contributed by atoms with Crippen molar-refractivity contribution < 1.29 is 20.4 Å². The molecule has 0 spiro atoms. The highest BCUT2D eigenvalue weighted by molar-refractivity contribution is 4.73. The fraction of sp³-hybridized carbons (Fsp3) is 1.00. The largest absolute Gasteiger partial charge is 0.396 e. The molecule has 0 radical (unpaired) electrons. The fourth-order valence-electron chi connectivity index (χ4n) is 1.46. The molecule has 0 aromatic carbocycles. The molecule has 0 bridgehead atoms. The van der Waals surface area contributed by atoms with Gasteiger partial charge in [0, 0.05) is 13.0 Å². The molecular weight excluding hydrogens is 210 g/mol. The van der Waals surface area contributed by atoms with E-state index in [4.69, 9.17) is 5.11 Å². The first-order valence-electron chi connectivity index (χ1n) is 5.75. The third-order valence-corrected chi connectivity index (χ3v) is 2.53. The van der Waals surface area contributed by atoms with Crippen molar-refractivity contribution in [2.45, 2.75) is 52.8 Å². The van der Waals surface area contributed by atoms with Crippen molar-refractivity contribution in [1.82, 2.24) is 4.90 Å². The summed E-state index contributed by atoms with van der Waals surface area (Å²) < 4.78 is 0. The first-order valence-corrected chi connectivity index (χ1v) is 5.75. The van der Waals surface area contributed by atoms with Crippen LogP contribution in [0.3, 0.4) is 0 Å². The molecular formula is C11H25NO4. The third kappa shape index (κ3) is 4.35. The molecule has 16 heavy (non-hydrogen) atoms. The summed E-state index contributed by atoms with van der Waals surface area (Å²) in [4.78, 5) is 1.24. The number of rotatable bonds is 7. The minimum absolute atomic E-state index is 0.105. The van der Waals surface area contributed by atoms with Crippen molar-refractivity contribution >= 4 is 0 Å². The molecule has 98 valence electrons. The molecule has 0 fully saturated rings. The van der Waals surface area contributed by atoms with Gasteiger partial charge in [0.15, 0.2) is 0 Å². The predicted octanol–water partition coefficient (Wildman–Crippen LogP) is -0.0620. The fourth-order valence-corrected chi connectivity index (χ4v) is 1.46. The molecule has 4 N–H and O–H groups in total. The Labute approximate surface area is 97.3 Å². The number of nitrogens with zero attached hydrogens (tertiary/aromatic N) is 1. The Bertz CT molecular complexity index is 173. The maximum Gasteiger partial charge on any atom is 0.113 e. The summed E-state index contributed by atoms with van der Waals surface area (Å²) in [6.07, 6.45) is -2.80. The van der Waals surface area contributed by atoms with Gasteiger partial charge in [-0.3, -0.25) is 0 Å². The van der Waals surface area contributed by atoms with Crippen molar-refractivity contribution in [3.63, 3.8) is 0 Å². The molecule has 5 nitrogen and oxygen atoms in total.